The molecule has 2 rings (SSSR count). The number of halogens is 2. The highest BCUT2D eigenvalue weighted by molar-refractivity contribution is 6.36. The molecule has 2 nitrogen and oxygen atoms in total. The predicted molar refractivity (Wildman–Crippen MR) is 79.7 cm³/mol. The van der Waals surface area contributed by atoms with Crippen molar-refractivity contribution in [2.24, 2.45) is 0 Å². The van der Waals surface area contributed by atoms with Gasteiger partial charge in [-0.1, -0.05) is 41.4 Å². The zero-order chi connectivity index (χ0) is 14.5. The molecular formula is C16H10Cl2N2. The van der Waals surface area contributed by atoms with E-state index >= 15 is 0 Å². The van der Waals surface area contributed by atoms with Crippen molar-refractivity contribution in [3.8, 4) is 12.1 Å². The van der Waals surface area contributed by atoms with Crippen molar-refractivity contribution in [3.05, 3.63) is 69.2 Å². The van der Waals surface area contributed by atoms with Crippen LogP contribution in [0.1, 0.15) is 22.6 Å². The molecule has 0 radical (unpaired) electrons. The van der Waals surface area contributed by atoms with Gasteiger partial charge in [0.1, 0.15) is 0 Å². The van der Waals surface area contributed by atoms with Gasteiger partial charge in [0.2, 0.25) is 0 Å². The lowest BCUT2D eigenvalue weighted by Gasteiger charge is -2.13. The fourth-order valence-electron chi connectivity index (χ4n) is 2.06. The van der Waals surface area contributed by atoms with Crippen LogP contribution in [0.15, 0.2) is 42.5 Å². The largest absolute Gasteiger partial charge is 0.198 e. The summed E-state index contributed by atoms with van der Waals surface area (Å²) in [5.74, 6) is -0.440. The van der Waals surface area contributed by atoms with E-state index in [1.165, 1.54) is 0 Å². The van der Waals surface area contributed by atoms with Crippen LogP contribution < -0.4 is 0 Å². The molecule has 20 heavy (non-hydrogen) atoms. The summed E-state index contributed by atoms with van der Waals surface area (Å²) in [6, 6.07) is 16.7. The summed E-state index contributed by atoms with van der Waals surface area (Å²) in [5.41, 5.74) is 2.12. The molecule has 0 aliphatic rings. The van der Waals surface area contributed by atoms with Gasteiger partial charge in [0, 0.05) is 15.6 Å². The SMILES string of the molecule is N#Cc1cccc(CC(C#N)c2c(Cl)cccc2Cl)c1. The van der Waals surface area contributed by atoms with Gasteiger partial charge >= 0.3 is 0 Å². The first-order valence-corrected chi connectivity index (χ1v) is 6.74. The fraction of sp³-hybridized carbons (Fsp3) is 0.125. The van der Waals surface area contributed by atoms with Crippen LogP contribution in [0, 0.1) is 22.7 Å². The highest BCUT2D eigenvalue weighted by Crippen LogP contribution is 2.33. The smallest absolute Gasteiger partial charge is 0.0991 e. The van der Waals surface area contributed by atoms with E-state index in [0.29, 0.717) is 27.6 Å². The van der Waals surface area contributed by atoms with Crippen molar-refractivity contribution in [2.75, 3.05) is 0 Å². The van der Waals surface area contributed by atoms with E-state index in [-0.39, 0.29) is 0 Å². The van der Waals surface area contributed by atoms with Gasteiger partial charge in [0.25, 0.3) is 0 Å². The topological polar surface area (TPSA) is 47.6 Å². The van der Waals surface area contributed by atoms with Crippen LogP contribution in [-0.2, 0) is 6.42 Å². The van der Waals surface area contributed by atoms with E-state index in [0.717, 1.165) is 5.56 Å². The second kappa shape index (κ2) is 6.44. The van der Waals surface area contributed by atoms with E-state index in [1.807, 2.05) is 6.07 Å². The lowest BCUT2D eigenvalue weighted by molar-refractivity contribution is 0.849. The number of hydrogen-bond acceptors (Lipinski definition) is 2. The Morgan fingerprint density at radius 1 is 1.00 bits per heavy atom. The number of nitrogens with zero attached hydrogens (tertiary/aromatic N) is 2. The average Bonchev–Trinajstić information content (AvgIpc) is 2.46. The van der Waals surface area contributed by atoms with Crippen LogP contribution in [0.4, 0.5) is 0 Å². The first-order valence-electron chi connectivity index (χ1n) is 5.98. The van der Waals surface area contributed by atoms with Crippen LogP contribution >= 0.6 is 23.2 Å². The summed E-state index contributed by atoms with van der Waals surface area (Å²) in [4.78, 5) is 0. The van der Waals surface area contributed by atoms with E-state index in [9.17, 15) is 5.26 Å². The quantitative estimate of drug-likeness (QED) is 0.824. The van der Waals surface area contributed by atoms with Crippen molar-refractivity contribution in [1.82, 2.24) is 0 Å². The molecule has 0 saturated heterocycles. The molecule has 0 aliphatic heterocycles. The third-order valence-electron chi connectivity index (χ3n) is 3.00. The van der Waals surface area contributed by atoms with Crippen molar-refractivity contribution in [2.45, 2.75) is 12.3 Å². The van der Waals surface area contributed by atoms with Crippen molar-refractivity contribution < 1.29 is 0 Å². The second-order valence-electron chi connectivity index (χ2n) is 4.33. The molecule has 0 spiro atoms. The molecule has 0 saturated carbocycles. The third kappa shape index (κ3) is 3.11. The first kappa shape index (κ1) is 14.4. The van der Waals surface area contributed by atoms with Crippen molar-refractivity contribution >= 4 is 23.2 Å². The molecule has 0 aromatic heterocycles. The Kier molecular flexibility index (Phi) is 4.64. The molecule has 2 aromatic rings. The van der Waals surface area contributed by atoms with Crippen LogP contribution in [0.5, 0.6) is 0 Å². The molecule has 2 aromatic carbocycles. The Morgan fingerprint density at radius 3 is 2.25 bits per heavy atom. The molecule has 0 aliphatic carbocycles. The zero-order valence-electron chi connectivity index (χ0n) is 10.5. The van der Waals surface area contributed by atoms with E-state index in [1.54, 1.807) is 36.4 Å². The molecule has 0 amide bonds. The summed E-state index contributed by atoms with van der Waals surface area (Å²) < 4.78 is 0. The third-order valence-corrected chi connectivity index (χ3v) is 3.66. The van der Waals surface area contributed by atoms with Crippen molar-refractivity contribution in [3.63, 3.8) is 0 Å². The Balaban J connectivity index is 2.35. The Morgan fingerprint density at radius 2 is 1.65 bits per heavy atom. The van der Waals surface area contributed by atoms with Gasteiger partial charge in [0.05, 0.1) is 23.6 Å². The summed E-state index contributed by atoms with van der Waals surface area (Å²) in [5, 5.41) is 19.3. The second-order valence-corrected chi connectivity index (χ2v) is 5.15. The van der Waals surface area contributed by atoms with Gasteiger partial charge in [-0.15, -0.1) is 0 Å². The highest BCUT2D eigenvalue weighted by atomic mass is 35.5. The van der Waals surface area contributed by atoms with E-state index in [4.69, 9.17) is 28.5 Å². The number of nitriles is 2. The molecular weight excluding hydrogens is 291 g/mol. The Bertz CT molecular complexity index is 691. The van der Waals surface area contributed by atoms with Crippen LogP contribution in [0.2, 0.25) is 10.0 Å². The average molecular weight is 301 g/mol. The van der Waals surface area contributed by atoms with E-state index < -0.39 is 5.92 Å². The number of rotatable bonds is 3. The Labute approximate surface area is 127 Å². The molecule has 1 unspecified atom stereocenters. The van der Waals surface area contributed by atoms with Crippen LogP contribution in [-0.4, -0.2) is 0 Å². The zero-order valence-corrected chi connectivity index (χ0v) is 12.0. The summed E-state index contributed by atoms with van der Waals surface area (Å²) in [7, 11) is 0. The molecule has 98 valence electrons. The van der Waals surface area contributed by atoms with Gasteiger partial charge in [-0.2, -0.15) is 10.5 Å². The lowest BCUT2D eigenvalue weighted by Crippen LogP contribution is -2.02. The summed E-state index contributed by atoms with van der Waals surface area (Å²) >= 11 is 12.3. The normalized spacial score (nSPS) is 11.4. The van der Waals surface area contributed by atoms with Crippen LogP contribution in [0.25, 0.3) is 0 Å². The number of hydrogen-bond donors (Lipinski definition) is 0. The molecule has 0 heterocycles. The maximum Gasteiger partial charge on any atom is 0.0991 e. The molecule has 0 fully saturated rings. The highest BCUT2D eigenvalue weighted by Gasteiger charge is 2.18. The molecule has 0 bridgehead atoms. The summed E-state index contributed by atoms with van der Waals surface area (Å²) in [6.45, 7) is 0. The minimum absolute atomic E-state index is 0.440. The van der Waals surface area contributed by atoms with Gasteiger partial charge in [0.15, 0.2) is 0 Å². The van der Waals surface area contributed by atoms with Gasteiger partial charge in [-0.05, 0) is 36.2 Å². The maximum absolute atomic E-state index is 9.38. The molecule has 0 N–H and O–H groups in total. The van der Waals surface area contributed by atoms with Gasteiger partial charge < -0.3 is 0 Å². The van der Waals surface area contributed by atoms with Gasteiger partial charge in [-0.3, -0.25) is 0 Å². The lowest BCUT2D eigenvalue weighted by atomic mass is 9.92. The fourth-order valence-corrected chi connectivity index (χ4v) is 2.72. The minimum Gasteiger partial charge on any atom is -0.198 e. The molecule has 4 heteroatoms. The van der Waals surface area contributed by atoms with E-state index in [2.05, 4.69) is 12.1 Å². The minimum atomic E-state index is -0.440. The number of benzene rings is 2. The first-order chi connectivity index (χ1) is 9.65. The van der Waals surface area contributed by atoms with Crippen molar-refractivity contribution in [1.29, 1.82) is 10.5 Å². The van der Waals surface area contributed by atoms with Crippen LogP contribution in [0.3, 0.4) is 0 Å². The van der Waals surface area contributed by atoms with Gasteiger partial charge in [-0.25, -0.2) is 0 Å². The standard InChI is InChI=1S/C16H10Cl2N2/c17-14-5-2-6-15(18)16(14)13(10-20)8-11-3-1-4-12(7-11)9-19/h1-7,13H,8H2. The molecule has 1 atom stereocenters. The Hall–Kier alpha value is -2.00. The maximum atomic E-state index is 9.38. The predicted octanol–water partition coefficient (Wildman–Crippen LogP) is 4.71. The summed E-state index contributed by atoms with van der Waals surface area (Å²) in [6.07, 6.45) is 0.468. The monoisotopic (exact) mass is 300 g/mol.